The highest BCUT2D eigenvalue weighted by Crippen LogP contribution is 2.45. The van der Waals surface area contributed by atoms with Crippen molar-refractivity contribution >= 4 is 29.2 Å². The molecule has 0 spiro atoms. The molecule has 2 fully saturated rings. The molecule has 0 radical (unpaired) electrons. The van der Waals surface area contributed by atoms with Gasteiger partial charge in [0.2, 0.25) is 0 Å². The molecule has 36 heavy (non-hydrogen) atoms. The van der Waals surface area contributed by atoms with Gasteiger partial charge in [-0.15, -0.1) is 0 Å². The Morgan fingerprint density at radius 1 is 1.08 bits per heavy atom. The van der Waals surface area contributed by atoms with Crippen LogP contribution in [0, 0.1) is 11.6 Å². The number of ether oxygens (including phenoxy) is 1. The maximum absolute atomic E-state index is 14.7. The predicted molar refractivity (Wildman–Crippen MR) is 130 cm³/mol. The summed E-state index contributed by atoms with van der Waals surface area (Å²) in [5.41, 5.74) is 0.587. The zero-order valence-electron chi connectivity index (χ0n) is 19.8. The number of rotatable bonds is 3. The molecule has 0 unspecified atom stereocenters. The minimum Gasteiger partial charge on any atom is -0.466 e. The molecule has 2 aromatic carbocycles. The minimum atomic E-state index is -1.05. The smallest absolute Gasteiger partial charge is 0.336 e. The lowest BCUT2D eigenvalue weighted by molar-refractivity contribution is -0.136. The van der Waals surface area contributed by atoms with Crippen LogP contribution in [0.3, 0.4) is 0 Å². The summed E-state index contributed by atoms with van der Waals surface area (Å²) in [7, 11) is 1.25. The van der Waals surface area contributed by atoms with E-state index in [2.05, 4.69) is 0 Å². The Kier molecular flexibility index (Phi) is 6.51. The highest BCUT2D eigenvalue weighted by atomic mass is 35.5. The van der Waals surface area contributed by atoms with Crippen molar-refractivity contribution in [1.29, 1.82) is 0 Å². The van der Waals surface area contributed by atoms with E-state index < -0.39 is 29.2 Å². The van der Waals surface area contributed by atoms with Crippen LogP contribution in [0.25, 0.3) is 5.57 Å². The van der Waals surface area contributed by atoms with Gasteiger partial charge in [0, 0.05) is 35.8 Å². The van der Waals surface area contributed by atoms with Crippen LogP contribution >= 0.6 is 11.6 Å². The van der Waals surface area contributed by atoms with Crippen molar-refractivity contribution < 1.29 is 28.2 Å². The van der Waals surface area contributed by atoms with Crippen LogP contribution in [0.4, 0.5) is 13.6 Å². The Morgan fingerprint density at radius 3 is 2.42 bits per heavy atom. The molecule has 0 aliphatic carbocycles. The van der Waals surface area contributed by atoms with Crippen molar-refractivity contribution in [2.45, 2.75) is 49.8 Å². The molecule has 2 saturated heterocycles. The third kappa shape index (κ3) is 4.26. The second kappa shape index (κ2) is 9.48. The summed E-state index contributed by atoms with van der Waals surface area (Å²) in [4.78, 5) is 29.9. The van der Waals surface area contributed by atoms with Crippen molar-refractivity contribution in [3.8, 4) is 0 Å². The van der Waals surface area contributed by atoms with E-state index in [-0.39, 0.29) is 29.6 Å². The molecule has 2 atom stereocenters. The Hall–Kier alpha value is -2.97. The maximum Gasteiger partial charge on any atom is 0.336 e. The van der Waals surface area contributed by atoms with E-state index in [1.54, 1.807) is 34.1 Å². The Labute approximate surface area is 213 Å². The van der Waals surface area contributed by atoms with Crippen molar-refractivity contribution in [2.24, 2.45) is 0 Å². The lowest BCUT2D eigenvalue weighted by Gasteiger charge is -2.44. The largest absolute Gasteiger partial charge is 0.466 e. The summed E-state index contributed by atoms with van der Waals surface area (Å²) >= 11 is 5.98. The SMILES string of the molecule is COC(=O)C1=C(c2ccc(F)cc2F)C[C@@H]2CC[C@H]1N2C(=O)N1CCC(O)(c2ccc(Cl)cc2)CC1. The molecule has 9 heteroatoms. The zero-order chi connectivity index (χ0) is 25.6. The third-order valence-electron chi connectivity index (χ3n) is 7.73. The summed E-state index contributed by atoms with van der Waals surface area (Å²) in [5, 5.41) is 11.8. The van der Waals surface area contributed by atoms with Crippen molar-refractivity contribution in [3.05, 3.63) is 75.8 Å². The number of piperidine rings is 1. The summed E-state index contributed by atoms with van der Waals surface area (Å²) in [6.45, 7) is 0.704. The molecule has 1 N–H and O–H groups in total. The summed E-state index contributed by atoms with van der Waals surface area (Å²) in [6, 6.07) is 9.39. The first-order chi connectivity index (χ1) is 17.2. The van der Waals surface area contributed by atoms with Gasteiger partial charge in [-0.05, 0) is 67.5 Å². The van der Waals surface area contributed by atoms with E-state index in [0.717, 1.165) is 17.7 Å². The first kappa shape index (κ1) is 24.7. The van der Waals surface area contributed by atoms with Crippen molar-refractivity contribution in [2.75, 3.05) is 20.2 Å². The molecular weight excluding hydrogens is 490 g/mol. The normalized spacial score (nSPS) is 23.1. The molecule has 5 rings (SSSR count). The van der Waals surface area contributed by atoms with Crippen molar-refractivity contribution in [3.63, 3.8) is 0 Å². The van der Waals surface area contributed by atoms with Gasteiger partial charge >= 0.3 is 12.0 Å². The average molecular weight is 517 g/mol. The van der Waals surface area contributed by atoms with Gasteiger partial charge in [0.15, 0.2) is 0 Å². The van der Waals surface area contributed by atoms with Crippen LogP contribution < -0.4 is 0 Å². The van der Waals surface area contributed by atoms with Gasteiger partial charge in [-0.3, -0.25) is 0 Å². The van der Waals surface area contributed by atoms with Crippen LogP contribution in [-0.4, -0.2) is 59.2 Å². The van der Waals surface area contributed by atoms with E-state index in [1.807, 2.05) is 0 Å². The molecule has 3 aliphatic heterocycles. The number of halogens is 3. The standard InChI is InChI=1S/C27H27ClF2N2O4/c1-36-25(33)24-21(20-8-6-18(29)14-22(20)30)15-19-7-9-23(24)32(19)26(34)31-12-10-27(35,11-13-31)16-2-4-17(28)5-3-16/h2-6,8,14,19,23,35H,7,9-13,15H2,1H3/t19-,23+/m0/s1. The number of nitrogens with zero attached hydrogens (tertiary/aromatic N) is 2. The van der Waals surface area contributed by atoms with E-state index in [9.17, 15) is 23.5 Å². The molecule has 190 valence electrons. The Bertz CT molecular complexity index is 1220. The zero-order valence-corrected chi connectivity index (χ0v) is 20.6. The number of hydrogen-bond donors (Lipinski definition) is 1. The summed E-state index contributed by atoms with van der Waals surface area (Å²) in [6.07, 6.45) is 2.23. The summed E-state index contributed by atoms with van der Waals surface area (Å²) < 4.78 is 33.2. The monoisotopic (exact) mass is 516 g/mol. The van der Waals surface area contributed by atoms with Crippen LogP contribution in [0.1, 0.15) is 43.2 Å². The highest BCUT2D eigenvalue weighted by molar-refractivity contribution is 6.30. The van der Waals surface area contributed by atoms with Gasteiger partial charge in [-0.25, -0.2) is 18.4 Å². The number of benzene rings is 2. The van der Waals surface area contributed by atoms with Gasteiger partial charge in [0.25, 0.3) is 0 Å². The van der Waals surface area contributed by atoms with Crippen molar-refractivity contribution in [1.82, 2.24) is 9.80 Å². The first-order valence-corrected chi connectivity index (χ1v) is 12.4. The van der Waals surface area contributed by atoms with Crippen LogP contribution in [0.2, 0.25) is 5.02 Å². The average Bonchev–Trinajstić information content (AvgIpc) is 3.17. The van der Waals surface area contributed by atoms with Crippen LogP contribution in [0.15, 0.2) is 48.0 Å². The fourth-order valence-corrected chi connectivity index (χ4v) is 5.97. The topological polar surface area (TPSA) is 70.1 Å². The molecule has 0 saturated carbocycles. The number of urea groups is 1. The Morgan fingerprint density at radius 2 is 1.78 bits per heavy atom. The molecule has 3 heterocycles. The summed E-state index contributed by atoms with van der Waals surface area (Å²) in [5.74, 6) is -2.06. The van der Waals surface area contributed by atoms with Crippen LogP contribution in [-0.2, 0) is 15.1 Å². The first-order valence-electron chi connectivity index (χ1n) is 12.0. The maximum atomic E-state index is 14.7. The second-order valence-electron chi connectivity index (χ2n) is 9.67. The van der Waals surface area contributed by atoms with Gasteiger partial charge in [0.05, 0.1) is 24.3 Å². The number of methoxy groups -OCH3 is 1. The minimum absolute atomic E-state index is 0.159. The number of fused-ring (bicyclic) bond motifs is 2. The molecule has 2 amide bonds. The van der Waals surface area contributed by atoms with Gasteiger partial charge < -0.3 is 19.6 Å². The van der Waals surface area contributed by atoms with E-state index in [0.29, 0.717) is 49.4 Å². The van der Waals surface area contributed by atoms with Gasteiger partial charge in [-0.1, -0.05) is 23.7 Å². The number of carbonyl (C=O) groups excluding carboxylic acids is 2. The number of esters is 1. The molecular formula is C27H27ClF2N2O4. The third-order valence-corrected chi connectivity index (χ3v) is 7.98. The number of amides is 2. The Balaban J connectivity index is 1.39. The molecule has 2 bridgehead atoms. The fraction of sp³-hybridized carbons (Fsp3) is 0.407. The quantitative estimate of drug-likeness (QED) is 0.590. The molecule has 2 aromatic rings. The predicted octanol–water partition coefficient (Wildman–Crippen LogP) is 4.89. The van der Waals surface area contributed by atoms with E-state index in [4.69, 9.17) is 16.3 Å². The lowest BCUT2D eigenvalue weighted by atomic mass is 9.84. The molecule has 3 aliphatic rings. The van der Waals surface area contributed by atoms with Gasteiger partial charge in [0.1, 0.15) is 11.6 Å². The second-order valence-corrected chi connectivity index (χ2v) is 10.1. The number of aliphatic hydroxyl groups is 1. The van der Waals surface area contributed by atoms with E-state index >= 15 is 0 Å². The molecule has 0 aromatic heterocycles. The lowest BCUT2D eigenvalue weighted by Crippen LogP contribution is -2.55. The highest BCUT2D eigenvalue weighted by Gasteiger charge is 2.49. The number of likely N-dealkylation sites (tertiary alicyclic amines) is 1. The van der Waals surface area contributed by atoms with E-state index in [1.165, 1.54) is 13.2 Å². The fourth-order valence-electron chi connectivity index (χ4n) is 5.84. The number of carbonyl (C=O) groups is 2. The van der Waals surface area contributed by atoms with Gasteiger partial charge in [-0.2, -0.15) is 0 Å². The number of hydrogen-bond acceptors (Lipinski definition) is 4. The molecule has 6 nitrogen and oxygen atoms in total. The van der Waals surface area contributed by atoms with Crippen LogP contribution in [0.5, 0.6) is 0 Å².